The van der Waals surface area contributed by atoms with Gasteiger partial charge in [-0.25, -0.2) is 0 Å². The molecule has 1 aromatic carbocycles. The van der Waals surface area contributed by atoms with Crippen molar-refractivity contribution in [2.24, 2.45) is 17.6 Å². The quantitative estimate of drug-likeness (QED) is 0.837. The Morgan fingerprint density at radius 1 is 1.22 bits per heavy atom. The van der Waals surface area contributed by atoms with Crippen molar-refractivity contribution < 1.29 is 5.11 Å². The van der Waals surface area contributed by atoms with E-state index in [1.807, 2.05) is 6.07 Å². The highest BCUT2D eigenvalue weighted by Crippen LogP contribution is 2.59. The zero-order valence-electron chi connectivity index (χ0n) is 11.1. The van der Waals surface area contributed by atoms with Crippen molar-refractivity contribution in [2.45, 2.75) is 50.2 Å². The average molecular weight is 245 g/mol. The van der Waals surface area contributed by atoms with E-state index in [-0.39, 0.29) is 11.1 Å². The second kappa shape index (κ2) is 4.07. The van der Waals surface area contributed by atoms with Crippen LogP contribution in [0, 0.1) is 11.8 Å². The lowest BCUT2D eigenvalue weighted by molar-refractivity contribution is 0.128. The Hall–Kier alpha value is -0.860. The molecule has 0 saturated heterocycles. The molecule has 2 aliphatic carbocycles. The molecule has 0 radical (unpaired) electrons. The molecule has 3 atom stereocenters. The van der Waals surface area contributed by atoms with Crippen molar-refractivity contribution in [1.29, 1.82) is 0 Å². The van der Waals surface area contributed by atoms with Gasteiger partial charge in [0.2, 0.25) is 0 Å². The summed E-state index contributed by atoms with van der Waals surface area (Å²) in [5.41, 5.74) is 7.48. The van der Waals surface area contributed by atoms with E-state index in [2.05, 4.69) is 31.2 Å². The van der Waals surface area contributed by atoms with Gasteiger partial charge in [-0.05, 0) is 43.1 Å². The number of benzene rings is 1. The standard InChI is InChI=1S/C16H23NO/c1-2-13-14(11-15(18)8-9-15)16(13,17)10-12-6-4-3-5-7-12/h3-7,13-14,18H,2,8-11,17H2,1H3/t13-,14+,16-/m1/s1. The number of nitrogens with two attached hydrogens (primary N) is 1. The smallest absolute Gasteiger partial charge is 0.0653 e. The number of hydrogen-bond donors (Lipinski definition) is 2. The lowest BCUT2D eigenvalue weighted by Crippen LogP contribution is -2.31. The van der Waals surface area contributed by atoms with E-state index >= 15 is 0 Å². The Morgan fingerprint density at radius 2 is 1.89 bits per heavy atom. The SMILES string of the molecule is CC[C@@H]1[C@H](CC2(O)CC2)[C@@]1(N)Cc1ccccc1. The van der Waals surface area contributed by atoms with Crippen molar-refractivity contribution >= 4 is 0 Å². The first kappa shape index (κ1) is 12.2. The molecule has 0 aliphatic heterocycles. The zero-order chi connectivity index (χ0) is 12.8. The molecule has 0 heterocycles. The van der Waals surface area contributed by atoms with Crippen molar-refractivity contribution in [3.05, 3.63) is 35.9 Å². The third kappa shape index (κ3) is 2.08. The van der Waals surface area contributed by atoms with Crippen LogP contribution in [0.3, 0.4) is 0 Å². The molecule has 0 amide bonds. The van der Waals surface area contributed by atoms with Gasteiger partial charge in [0.05, 0.1) is 5.60 Å². The summed E-state index contributed by atoms with van der Waals surface area (Å²) in [6.45, 7) is 2.22. The Labute approximate surface area is 109 Å². The summed E-state index contributed by atoms with van der Waals surface area (Å²) in [5.74, 6) is 1.09. The van der Waals surface area contributed by atoms with Crippen LogP contribution in [0.2, 0.25) is 0 Å². The number of hydrogen-bond acceptors (Lipinski definition) is 2. The second-order valence-corrected chi connectivity index (χ2v) is 6.32. The molecule has 0 bridgehead atoms. The van der Waals surface area contributed by atoms with Gasteiger partial charge in [-0.3, -0.25) is 0 Å². The van der Waals surface area contributed by atoms with Gasteiger partial charge in [-0.15, -0.1) is 0 Å². The number of rotatable bonds is 5. The van der Waals surface area contributed by atoms with E-state index in [1.54, 1.807) is 0 Å². The summed E-state index contributed by atoms with van der Waals surface area (Å²) in [5, 5.41) is 10.1. The largest absolute Gasteiger partial charge is 0.390 e. The molecular formula is C16H23NO. The van der Waals surface area contributed by atoms with Crippen LogP contribution in [0.25, 0.3) is 0 Å². The lowest BCUT2D eigenvalue weighted by Gasteiger charge is -2.14. The fourth-order valence-corrected chi connectivity index (χ4v) is 3.60. The van der Waals surface area contributed by atoms with Gasteiger partial charge in [-0.2, -0.15) is 0 Å². The Kier molecular flexibility index (Phi) is 2.76. The highest BCUT2D eigenvalue weighted by atomic mass is 16.3. The minimum absolute atomic E-state index is 0.0750. The average Bonchev–Trinajstić information content (AvgIpc) is 3.20. The summed E-state index contributed by atoms with van der Waals surface area (Å²) in [6.07, 6.45) is 4.94. The summed E-state index contributed by atoms with van der Waals surface area (Å²) >= 11 is 0. The molecule has 0 spiro atoms. The maximum absolute atomic E-state index is 10.1. The van der Waals surface area contributed by atoms with Crippen LogP contribution < -0.4 is 5.73 Å². The lowest BCUT2D eigenvalue weighted by atomic mass is 9.99. The van der Waals surface area contributed by atoms with Crippen molar-refractivity contribution in [1.82, 2.24) is 0 Å². The fourth-order valence-electron chi connectivity index (χ4n) is 3.60. The van der Waals surface area contributed by atoms with E-state index in [9.17, 15) is 5.11 Å². The Morgan fingerprint density at radius 3 is 2.44 bits per heavy atom. The molecule has 3 N–H and O–H groups in total. The molecule has 18 heavy (non-hydrogen) atoms. The van der Waals surface area contributed by atoms with Crippen LogP contribution in [0.5, 0.6) is 0 Å². The molecule has 2 heteroatoms. The molecule has 2 fully saturated rings. The first-order valence-corrected chi connectivity index (χ1v) is 7.13. The summed E-state index contributed by atoms with van der Waals surface area (Å²) in [4.78, 5) is 0. The Bertz CT molecular complexity index is 426. The van der Waals surface area contributed by atoms with E-state index in [0.717, 1.165) is 32.1 Å². The fraction of sp³-hybridized carbons (Fsp3) is 0.625. The highest BCUT2D eigenvalue weighted by molar-refractivity contribution is 5.26. The first-order valence-electron chi connectivity index (χ1n) is 7.13. The molecule has 3 rings (SSSR count). The van der Waals surface area contributed by atoms with Crippen LogP contribution in [0.4, 0.5) is 0 Å². The molecular weight excluding hydrogens is 222 g/mol. The van der Waals surface area contributed by atoms with Gasteiger partial charge < -0.3 is 10.8 Å². The van der Waals surface area contributed by atoms with E-state index < -0.39 is 0 Å². The first-order chi connectivity index (χ1) is 8.57. The van der Waals surface area contributed by atoms with Gasteiger partial charge >= 0.3 is 0 Å². The predicted octanol–water partition coefficient (Wildman–Crippen LogP) is 2.50. The van der Waals surface area contributed by atoms with E-state index in [1.165, 1.54) is 5.56 Å². The Balaban J connectivity index is 1.69. The minimum Gasteiger partial charge on any atom is -0.390 e. The summed E-state index contributed by atoms with van der Waals surface area (Å²) in [6, 6.07) is 10.5. The molecule has 2 saturated carbocycles. The molecule has 2 nitrogen and oxygen atoms in total. The van der Waals surface area contributed by atoms with Crippen LogP contribution >= 0.6 is 0 Å². The maximum Gasteiger partial charge on any atom is 0.0653 e. The summed E-state index contributed by atoms with van der Waals surface area (Å²) < 4.78 is 0. The third-order valence-electron chi connectivity index (χ3n) is 4.98. The normalized spacial score (nSPS) is 36.4. The second-order valence-electron chi connectivity index (χ2n) is 6.32. The molecule has 0 unspecified atom stereocenters. The predicted molar refractivity (Wildman–Crippen MR) is 73.1 cm³/mol. The van der Waals surface area contributed by atoms with Gasteiger partial charge in [0.25, 0.3) is 0 Å². The van der Waals surface area contributed by atoms with Gasteiger partial charge in [0.1, 0.15) is 0 Å². The van der Waals surface area contributed by atoms with Gasteiger partial charge in [-0.1, -0.05) is 43.7 Å². The monoisotopic (exact) mass is 245 g/mol. The molecule has 98 valence electrons. The highest BCUT2D eigenvalue weighted by Gasteiger charge is 2.63. The maximum atomic E-state index is 10.1. The van der Waals surface area contributed by atoms with Crippen molar-refractivity contribution in [3.8, 4) is 0 Å². The summed E-state index contributed by atoms with van der Waals surface area (Å²) in [7, 11) is 0. The minimum atomic E-state index is -0.365. The van der Waals surface area contributed by atoms with Crippen molar-refractivity contribution in [2.75, 3.05) is 0 Å². The van der Waals surface area contributed by atoms with E-state index in [4.69, 9.17) is 5.73 Å². The van der Waals surface area contributed by atoms with Gasteiger partial charge in [0.15, 0.2) is 0 Å². The van der Waals surface area contributed by atoms with Crippen molar-refractivity contribution in [3.63, 3.8) is 0 Å². The van der Waals surface area contributed by atoms with E-state index in [0.29, 0.717) is 11.8 Å². The molecule has 0 aromatic heterocycles. The van der Waals surface area contributed by atoms with Gasteiger partial charge in [0, 0.05) is 5.54 Å². The van der Waals surface area contributed by atoms with Crippen LogP contribution in [-0.2, 0) is 6.42 Å². The van der Waals surface area contributed by atoms with Crippen LogP contribution in [0.1, 0.15) is 38.2 Å². The zero-order valence-corrected chi connectivity index (χ0v) is 11.1. The molecule has 2 aliphatic rings. The third-order valence-corrected chi connectivity index (χ3v) is 4.98. The topological polar surface area (TPSA) is 46.2 Å². The number of aliphatic hydroxyl groups is 1. The van der Waals surface area contributed by atoms with Crippen LogP contribution in [0.15, 0.2) is 30.3 Å². The molecule has 1 aromatic rings. The van der Waals surface area contributed by atoms with Crippen LogP contribution in [-0.4, -0.2) is 16.2 Å².